The van der Waals surface area contributed by atoms with Crippen molar-refractivity contribution >= 4 is 32.6 Å². The Morgan fingerprint density at radius 3 is 2.35 bits per heavy atom. The van der Waals surface area contributed by atoms with Gasteiger partial charge >= 0.3 is 0 Å². The predicted octanol–water partition coefficient (Wildman–Crippen LogP) is 3.82. The van der Waals surface area contributed by atoms with Gasteiger partial charge < -0.3 is 19.1 Å². The Morgan fingerprint density at radius 2 is 1.71 bits per heavy atom. The van der Waals surface area contributed by atoms with E-state index in [1.54, 1.807) is 25.2 Å². The molecule has 0 fully saturated rings. The minimum Gasteiger partial charge on any atom is -0.495 e. The molecule has 0 N–H and O–H groups in total. The van der Waals surface area contributed by atoms with Crippen molar-refractivity contribution in [3.05, 3.63) is 42.2 Å². The zero-order valence-electron chi connectivity index (χ0n) is 18.1. The molecule has 0 unspecified atom stereocenters. The monoisotopic (exact) mass is 447 g/mol. The topological polar surface area (TPSA) is 64.1 Å². The summed E-state index contributed by atoms with van der Waals surface area (Å²) >= 11 is 1.37. The summed E-state index contributed by atoms with van der Waals surface area (Å²) in [5.74, 6) is 1.11. The molecule has 31 heavy (non-hydrogen) atoms. The average molecular weight is 448 g/mol. The molecular weight excluding hydrogens is 421 g/mol. The second-order valence-electron chi connectivity index (χ2n) is 7.09. The fourth-order valence-corrected chi connectivity index (χ4v) is 4.13. The van der Waals surface area contributed by atoms with Gasteiger partial charge in [-0.25, -0.2) is 9.37 Å². The maximum atomic E-state index is 13.1. The molecule has 0 radical (unpaired) electrons. The smallest absolute Gasteiger partial charge is 0.266 e. The van der Waals surface area contributed by atoms with Crippen LogP contribution in [-0.2, 0) is 4.79 Å². The van der Waals surface area contributed by atoms with Crippen molar-refractivity contribution in [1.29, 1.82) is 0 Å². The van der Waals surface area contributed by atoms with Crippen molar-refractivity contribution < 1.29 is 23.4 Å². The van der Waals surface area contributed by atoms with Crippen LogP contribution in [0.1, 0.15) is 6.42 Å². The highest BCUT2D eigenvalue weighted by atomic mass is 32.1. The molecular formula is C22H26FN3O4S. The molecule has 0 saturated heterocycles. The highest BCUT2D eigenvalue weighted by Gasteiger charge is 2.23. The van der Waals surface area contributed by atoms with Gasteiger partial charge in [-0.15, -0.1) is 0 Å². The van der Waals surface area contributed by atoms with Gasteiger partial charge in [-0.3, -0.25) is 9.69 Å². The molecule has 1 amide bonds. The van der Waals surface area contributed by atoms with Crippen LogP contribution >= 0.6 is 11.3 Å². The number of ether oxygens (including phenoxy) is 3. The van der Waals surface area contributed by atoms with E-state index >= 15 is 0 Å². The zero-order chi connectivity index (χ0) is 22.4. The zero-order valence-corrected chi connectivity index (χ0v) is 18.9. The molecule has 9 heteroatoms. The summed E-state index contributed by atoms with van der Waals surface area (Å²) < 4.78 is 30.4. The maximum Gasteiger partial charge on any atom is 0.266 e. The summed E-state index contributed by atoms with van der Waals surface area (Å²) in [5, 5.41) is 0.546. The first-order chi connectivity index (χ1) is 14.9. The summed E-state index contributed by atoms with van der Waals surface area (Å²) in [7, 11) is 7.14. The van der Waals surface area contributed by atoms with E-state index in [1.807, 2.05) is 20.2 Å². The van der Waals surface area contributed by atoms with E-state index < -0.39 is 0 Å². The summed E-state index contributed by atoms with van der Waals surface area (Å²) in [6, 6.07) is 9.18. The number of fused-ring (bicyclic) bond motifs is 1. The molecule has 0 saturated carbocycles. The number of carbonyl (C=O) groups is 1. The third-order valence-corrected chi connectivity index (χ3v) is 5.69. The predicted molar refractivity (Wildman–Crippen MR) is 120 cm³/mol. The number of anilines is 1. The van der Waals surface area contributed by atoms with E-state index in [1.165, 1.54) is 35.6 Å². The number of aromatic nitrogens is 1. The van der Waals surface area contributed by atoms with Crippen LogP contribution in [-0.4, -0.2) is 63.8 Å². The van der Waals surface area contributed by atoms with Crippen molar-refractivity contribution in [2.45, 2.75) is 6.42 Å². The van der Waals surface area contributed by atoms with Gasteiger partial charge in [0.15, 0.2) is 11.7 Å². The van der Waals surface area contributed by atoms with Crippen molar-refractivity contribution in [1.82, 2.24) is 9.88 Å². The Morgan fingerprint density at radius 1 is 1.03 bits per heavy atom. The lowest BCUT2D eigenvalue weighted by molar-refractivity contribution is -0.120. The van der Waals surface area contributed by atoms with E-state index in [4.69, 9.17) is 14.2 Å². The van der Waals surface area contributed by atoms with Gasteiger partial charge in [-0.1, -0.05) is 11.3 Å². The van der Waals surface area contributed by atoms with Crippen molar-refractivity contribution in [2.24, 2.45) is 0 Å². The number of halogens is 1. The van der Waals surface area contributed by atoms with Crippen LogP contribution in [0.15, 0.2) is 36.4 Å². The minimum absolute atomic E-state index is 0.183. The van der Waals surface area contributed by atoms with E-state index in [9.17, 15) is 9.18 Å². The summed E-state index contributed by atoms with van der Waals surface area (Å²) in [5.41, 5.74) is 0.645. The fraction of sp³-hybridized carbons (Fsp3) is 0.364. The number of hydrogen-bond donors (Lipinski definition) is 0. The first-order valence-corrected chi connectivity index (χ1v) is 10.6. The summed E-state index contributed by atoms with van der Waals surface area (Å²) in [6.07, 6.45) is 0.763. The van der Waals surface area contributed by atoms with Crippen LogP contribution in [0.4, 0.5) is 9.52 Å². The molecule has 0 aliphatic carbocycles. The number of hydrogen-bond acceptors (Lipinski definition) is 7. The van der Waals surface area contributed by atoms with Gasteiger partial charge in [0, 0.05) is 6.54 Å². The molecule has 2 aromatic carbocycles. The van der Waals surface area contributed by atoms with Crippen molar-refractivity contribution in [2.75, 3.05) is 52.9 Å². The number of rotatable bonds is 10. The minimum atomic E-state index is -0.360. The molecule has 0 atom stereocenters. The molecule has 0 aliphatic heterocycles. The Bertz CT molecular complexity index is 983. The number of thiazole rings is 1. The fourth-order valence-electron chi connectivity index (χ4n) is 3.02. The Hall–Kier alpha value is -2.91. The lowest BCUT2D eigenvalue weighted by atomic mass is 10.3. The molecule has 1 aromatic heterocycles. The Kier molecular flexibility index (Phi) is 7.64. The lowest BCUT2D eigenvalue weighted by Gasteiger charge is -2.21. The van der Waals surface area contributed by atoms with E-state index in [0.29, 0.717) is 34.4 Å². The molecule has 3 rings (SSSR count). The van der Waals surface area contributed by atoms with E-state index in [2.05, 4.69) is 9.88 Å². The molecule has 0 aliphatic rings. The molecule has 1 heterocycles. The standard InChI is InChI=1S/C22H26FN3O4S/c1-25(2)12-5-13-26(19(27)14-30-16-8-6-15(23)7-9-16)22-24-20-17(28-3)10-11-18(29-4)21(20)31-22/h6-11H,5,12-14H2,1-4H3. The highest BCUT2D eigenvalue weighted by Crippen LogP contribution is 2.40. The summed E-state index contributed by atoms with van der Waals surface area (Å²) in [4.78, 5) is 21.4. The third-order valence-electron chi connectivity index (χ3n) is 4.59. The van der Waals surface area contributed by atoms with E-state index in [-0.39, 0.29) is 18.3 Å². The molecule has 7 nitrogen and oxygen atoms in total. The number of carbonyl (C=O) groups excluding carboxylic acids is 1. The van der Waals surface area contributed by atoms with Crippen LogP contribution in [0, 0.1) is 5.82 Å². The first kappa shape index (κ1) is 22.8. The highest BCUT2D eigenvalue weighted by molar-refractivity contribution is 7.22. The second-order valence-corrected chi connectivity index (χ2v) is 8.07. The molecule has 3 aromatic rings. The second kappa shape index (κ2) is 10.4. The average Bonchev–Trinajstić information content (AvgIpc) is 3.20. The molecule has 166 valence electrons. The first-order valence-electron chi connectivity index (χ1n) is 9.78. The van der Waals surface area contributed by atoms with Crippen LogP contribution in [0.25, 0.3) is 10.2 Å². The van der Waals surface area contributed by atoms with Gasteiger partial charge in [0.05, 0.1) is 14.2 Å². The largest absolute Gasteiger partial charge is 0.495 e. The third kappa shape index (κ3) is 5.62. The maximum absolute atomic E-state index is 13.1. The number of nitrogens with zero attached hydrogens (tertiary/aromatic N) is 3. The molecule has 0 bridgehead atoms. The number of methoxy groups -OCH3 is 2. The van der Waals surface area contributed by atoms with Gasteiger partial charge in [0.2, 0.25) is 0 Å². The number of benzene rings is 2. The van der Waals surface area contributed by atoms with Gasteiger partial charge in [-0.05, 0) is 63.5 Å². The van der Waals surface area contributed by atoms with Crippen molar-refractivity contribution in [3.63, 3.8) is 0 Å². The van der Waals surface area contributed by atoms with E-state index in [0.717, 1.165) is 17.7 Å². The van der Waals surface area contributed by atoms with Gasteiger partial charge in [0.1, 0.15) is 33.3 Å². The number of amides is 1. The summed E-state index contributed by atoms with van der Waals surface area (Å²) in [6.45, 7) is 1.12. The Labute approximate surface area is 185 Å². The van der Waals surface area contributed by atoms with Crippen LogP contribution in [0.5, 0.6) is 17.2 Å². The lowest BCUT2D eigenvalue weighted by Crippen LogP contribution is -2.36. The Balaban J connectivity index is 1.86. The van der Waals surface area contributed by atoms with Crippen molar-refractivity contribution in [3.8, 4) is 17.2 Å². The van der Waals surface area contributed by atoms with Gasteiger partial charge in [0.25, 0.3) is 5.91 Å². The van der Waals surface area contributed by atoms with Crippen LogP contribution in [0.3, 0.4) is 0 Å². The SMILES string of the molecule is COc1ccc(OC)c2sc(N(CCCN(C)C)C(=O)COc3ccc(F)cc3)nc12. The van der Waals surface area contributed by atoms with Gasteiger partial charge in [-0.2, -0.15) is 0 Å². The van der Waals surface area contributed by atoms with Crippen LogP contribution < -0.4 is 19.1 Å². The normalized spacial score (nSPS) is 11.0. The molecule has 0 spiro atoms. The quantitative estimate of drug-likeness (QED) is 0.471. The van der Waals surface area contributed by atoms with Crippen LogP contribution in [0.2, 0.25) is 0 Å².